The summed E-state index contributed by atoms with van der Waals surface area (Å²) in [6.07, 6.45) is 1.28. The van der Waals surface area contributed by atoms with Gasteiger partial charge in [-0.25, -0.2) is 8.42 Å². The minimum atomic E-state index is -3.68. The maximum absolute atomic E-state index is 13.4. The molecule has 29 heavy (non-hydrogen) atoms. The number of hydrogen-bond acceptors (Lipinski definition) is 5. The molecule has 2 heterocycles. The quantitative estimate of drug-likeness (QED) is 0.744. The Balaban J connectivity index is 1.55. The molecule has 0 radical (unpaired) electrons. The number of carbonyl (C=O) groups excluding carboxylic acids is 1. The van der Waals surface area contributed by atoms with Crippen LogP contribution in [0.1, 0.15) is 19.8 Å². The van der Waals surface area contributed by atoms with E-state index in [0.717, 1.165) is 18.2 Å². The highest BCUT2D eigenvalue weighted by Gasteiger charge is 2.34. The Labute approximate surface area is 171 Å². The number of amides is 1. The van der Waals surface area contributed by atoms with Crippen LogP contribution in [-0.4, -0.2) is 69.0 Å². The zero-order valence-electron chi connectivity index (χ0n) is 16.5. The molecule has 0 unspecified atom stereocenters. The molecular formula is C21H26N2O5S. The van der Waals surface area contributed by atoms with Crippen molar-refractivity contribution in [3.63, 3.8) is 0 Å². The van der Waals surface area contributed by atoms with Crippen LogP contribution in [0, 0.1) is 0 Å². The van der Waals surface area contributed by atoms with E-state index in [1.165, 1.54) is 4.31 Å². The fraction of sp³-hybridized carbons (Fsp3) is 0.476. The molecule has 8 heteroatoms. The van der Waals surface area contributed by atoms with E-state index >= 15 is 0 Å². The van der Waals surface area contributed by atoms with E-state index in [9.17, 15) is 13.2 Å². The molecule has 2 aromatic rings. The average Bonchev–Trinajstić information content (AvgIpc) is 3.28. The van der Waals surface area contributed by atoms with Gasteiger partial charge in [0.15, 0.2) is 0 Å². The molecule has 0 N–H and O–H groups in total. The summed E-state index contributed by atoms with van der Waals surface area (Å²) < 4.78 is 39.3. The smallest absolute Gasteiger partial charge is 0.251 e. The second-order valence-corrected chi connectivity index (χ2v) is 9.18. The number of ether oxygens (including phenoxy) is 2. The standard InChI is InChI=1S/C21H26N2O5S/c1-2-27-18-9-10-20(17-7-4-3-6-16(17)18)29(25,26)23-13-11-22(12-14-23)21(24)19-8-5-15-28-19/h3-4,6-7,9-10,19H,2,5,8,11-15H2,1H3/t19-/m0/s1. The SMILES string of the molecule is CCOc1ccc(S(=O)(=O)N2CCN(C(=O)[C@@H]3CCCO3)CC2)c2ccccc12. The van der Waals surface area contributed by atoms with Gasteiger partial charge in [-0.3, -0.25) is 4.79 Å². The first-order valence-electron chi connectivity index (χ1n) is 10.1. The van der Waals surface area contributed by atoms with Gasteiger partial charge in [0.25, 0.3) is 5.91 Å². The van der Waals surface area contributed by atoms with Gasteiger partial charge in [0.05, 0.1) is 11.5 Å². The van der Waals surface area contributed by atoms with Crippen molar-refractivity contribution in [3.05, 3.63) is 36.4 Å². The van der Waals surface area contributed by atoms with E-state index in [0.29, 0.717) is 37.4 Å². The fourth-order valence-electron chi connectivity index (χ4n) is 4.01. The normalized spacial score (nSPS) is 20.9. The first-order valence-corrected chi connectivity index (χ1v) is 11.5. The predicted molar refractivity (Wildman–Crippen MR) is 109 cm³/mol. The van der Waals surface area contributed by atoms with Crippen LogP contribution in [-0.2, 0) is 19.6 Å². The van der Waals surface area contributed by atoms with Crippen LogP contribution in [0.2, 0.25) is 0 Å². The first-order chi connectivity index (χ1) is 14.0. The van der Waals surface area contributed by atoms with Gasteiger partial charge in [0.1, 0.15) is 11.9 Å². The molecule has 2 fully saturated rings. The van der Waals surface area contributed by atoms with Crippen molar-refractivity contribution in [1.29, 1.82) is 0 Å². The Hall–Kier alpha value is -2.16. The summed E-state index contributed by atoms with van der Waals surface area (Å²) >= 11 is 0. The number of nitrogens with zero attached hydrogens (tertiary/aromatic N) is 2. The molecule has 0 aliphatic carbocycles. The predicted octanol–water partition coefficient (Wildman–Crippen LogP) is 2.25. The number of piperazine rings is 1. The van der Waals surface area contributed by atoms with E-state index in [2.05, 4.69) is 0 Å². The number of fused-ring (bicyclic) bond motifs is 1. The van der Waals surface area contributed by atoms with Gasteiger partial charge < -0.3 is 14.4 Å². The Morgan fingerprint density at radius 3 is 2.48 bits per heavy atom. The number of sulfonamides is 1. The highest BCUT2D eigenvalue weighted by Crippen LogP contribution is 2.33. The monoisotopic (exact) mass is 418 g/mol. The van der Waals surface area contributed by atoms with E-state index in [-0.39, 0.29) is 30.0 Å². The summed E-state index contributed by atoms with van der Waals surface area (Å²) in [6.45, 7) is 4.35. The van der Waals surface area contributed by atoms with Crippen molar-refractivity contribution in [1.82, 2.24) is 9.21 Å². The van der Waals surface area contributed by atoms with E-state index in [1.807, 2.05) is 31.2 Å². The summed E-state index contributed by atoms with van der Waals surface area (Å²) in [5.41, 5.74) is 0. The van der Waals surface area contributed by atoms with Gasteiger partial charge in [-0.2, -0.15) is 4.31 Å². The second kappa shape index (κ2) is 8.30. The third-order valence-corrected chi connectivity index (χ3v) is 7.47. The summed E-state index contributed by atoms with van der Waals surface area (Å²) in [5.74, 6) is 0.653. The number of carbonyl (C=O) groups is 1. The minimum absolute atomic E-state index is 0.0222. The van der Waals surface area contributed by atoms with Gasteiger partial charge >= 0.3 is 0 Å². The van der Waals surface area contributed by atoms with Crippen molar-refractivity contribution < 1.29 is 22.7 Å². The van der Waals surface area contributed by atoms with Gasteiger partial charge in [-0.05, 0) is 31.9 Å². The number of benzene rings is 2. The molecule has 2 aromatic carbocycles. The Morgan fingerprint density at radius 1 is 1.10 bits per heavy atom. The molecule has 156 valence electrons. The molecule has 2 saturated heterocycles. The molecule has 2 aliphatic heterocycles. The number of rotatable bonds is 5. The third-order valence-electron chi connectivity index (χ3n) is 5.52. The molecule has 2 aliphatic rings. The maximum Gasteiger partial charge on any atom is 0.251 e. The van der Waals surface area contributed by atoms with Gasteiger partial charge in [-0.1, -0.05) is 24.3 Å². The molecule has 1 atom stereocenters. The minimum Gasteiger partial charge on any atom is -0.493 e. The highest BCUT2D eigenvalue weighted by atomic mass is 32.2. The summed E-state index contributed by atoms with van der Waals surface area (Å²) in [7, 11) is -3.68. The highest BCUT2D eigenvalue weighted by molar-refractivity contribution is 7.89. The van der Waals surface area contributed by atoms with Gasteiger partial charge in [0, 0.05) is 43.6 Å². The molecule has 0 bridgehead atoms. The van der Waals surface area contributed by atoms with Crippen molar-refractivity contribution in [2.75, 3.05) is 39.4 Å². The molecule has 0 saturated carbocycles. The van der Waals surface area contributed by atoms with E-state index in [1.54, 1.807) is 17.0 Å². The lowest BCUT2D eigenvalue weighted by Gasteiger charge is -2.35. The summed E-state index contributed by atoms with van der Waals surface area (Å²) in [5, 5.41) is 1.43. The summed E-state index contributed by atoms with van der Waals surface area (Å²) in [4.78, 5) is 14.5. The van der Waals surface area contributed by atoms with Crippen molar-refractivity contribution in [2.24, 2.45) is 0 Å². The Morgan fingerprint density at radius 2 is 1.83 bits per heavy atom. The Bertz CT molecular complexity index is 993. The second-order valence-electron chi connectivity index (χ2n) is 7.27. The lowest BCUT2D eigenvalue weighted by molar-refractivity contribution is -0.142. The molecule has 7 nitrogen and oxygen atoms in total. The van der Waals surface area contributed by atoms with Crippen LogP contribution in [0.5, 0.6) is 5.75 Å². The topological polar surface area (TPSA) is 76.2 Å². The fourth-order valence-corrected chi connectivity index (χ4v) is 5.63. The third kappa shape index (κ3) is 3.84. The largest absolute Gasteiger partial charge is 0.493 e. The molecule has 4 rings (SSSR count). The van der Waals surface area contributed by atoms with Crippen LogP contribution in [0.25, 0.3) is 10.8 Å². The van der Waals surface area contributed by atoms with Crippen molar-refractivity contribution >= 4 is 26.7 Å². The van der Waals surface area contributed by atoms with Crippen LogP contribution < -0.4 is 4.74 Å². The van der Waals surface area contributed by atoms with Crippen molar-refractivity contribution in [3.8, 4) is 5.75 Å². The van der Waals surface area contributed by atoms with Crippen molar-refractivity contribution in [2.45, 2.75) is 30.8 Å². The number of hydrogen-bond donors (Lipinski definition) is 0. The molecular weight excluding hydrogens is 392 g/mol. The molecule has 1 amide bonds. The van der Waals surface area contributed by atoms with Crippen LogP contribution in [0.15, 0.2) is 41.3 Å². The first kappa shape index (κ1) is 20.1. The van der Waals surface area contributed by atoms with Gasteiger partial charge in [-0.15, -0.1) is 0 Å². The lowest BCUT2D eigenvalue weighted by Crippen LogP contribution is -2.52. The van der Waals surface area contributed by atoms with Crippen LogP contribution in [0.3, 0.4) is 0 Å². The van der Waals surface area contributed by atoms with E-state index in [4.69, 9.17) is 9.47 Å². The van der Waals surface area contributed by atoms with E-state index < -0.39 is 10.0 Å². The van der Waals surface area contributed by atoms with Gasteiger partial charge in [0.2, 0.25) is 10.0 Å². The lowest BCUT2D eigenvalue weighted by atomic mass is 10.1. The molecule has 0 aromatic heterocycles. The zero-order valence-corrected chi connectivity index (χ0v) is 17.4. The average molecular weight is 419 g/mol. The zero-order chi connectivity index (χ0) is 20.4. The maximum atomic E-state index is 13.4. The summed E-state index contributed by atoms with van der Waals surface area (Å²) in [6, 6.07) is 10.7. The van der Waals surface area contributed by atoms with Crippen LogP contribution >= 0.6 is 0 Å². The Kier molecular flexibility index (Phi) is 5.76. The molecule has 0 spiro atoms. The van der Waals surface area contributed by atoms with Crippen LogP contribution in [0.4, 0.5) is 0 Å².